The van der Waals surface area contributed by atoms with Crippen molar-refractivity contribution in [3.05, 3.63) is 0 Å². The SMILES string of the molecule is [Li][CH2]C(CC)CCCC.[Li][CH2]CCC. The Morgan fingerprint density at radius 2 is 1.50 bits per heavy atom. The van der Waals surface area contributed by atoms with Crippen LogP contribution < -0.4 is 0 Å². The Bertz CT molecular complexity index is 78.4. The summed E-state index contributed by atoms with van der Waals surface area (Å²) in [5.74, 6) is 1.00. The van der Waals surface area contributed by atoms with Crippen LogP contribution >= 0.6 is 0 Å². The van der Waals surface area contributed by atoms with Gasteiger partial charge in [0.1, 0.15) is 0 Å². The molecule has 0 aromatic carbocycles. The average molecular weight is 184 g/mol. The molecule has 2 heteroatoms. The summed E-state index contributed by atoms with van der Waals surface area (Å²) in [6.45, 7) is 6.77. The second-order valence-corrected chi connectivity index (χ2v) is 4.18. The molecule has 14 heavy (non-hydrogen) atoms. The van der Waals surface area contributed by atoms with E-state index in [0.29, 0.717) is 0 Å². The Kier molecular flexibility index (Phi) is 20.9. The van der Waals surface area contributed by atoms with E-state index >= 15 is 0 Å². The molecule has 0 aliphatic heterocycles. The predicted molar refractivity (Wildman–Crippen MR) is 69.3 cm³/mol. The molecule has 1 unspecified atom stereocenters. The zero-order valence-electron chi connectivity index (χ0n) is 11.2. The van der Waals surface area contributed by atoms with Gasteiger partial charge in [0, 0.05) is 0 Å². The fourth-order valence-electron chi connectivity index (χ4n) is 1.54. The summed E-state index contributed by atoms with van der Waals surface area (Å²) in [5.41, 5.74) is 0. The monoisotopic (exact) mass is 184 g/mol. The Hall–Kier alpha value is 1.19. The van der Waals surface area contributed by atoms with E-state index in [-0.39, 0.29) is 0 Å². The van der Waals surface area contributed by atoms with Crippen LogP contribution in [0.15, 0.2) is 0 Å². The minimum absolute atomic E-state index is 1.00. The van der Waals surface area contributed by atoms with Gasteiger partial charge in [-0.25, -0.2) is 0 Å². The second kappa shape index (κ2) is 16.6. The van der Waals surface area contributed by atoms with Crippen molar-refractivity contribution in [3.8, 4) is 0 Å². The summed E-state index contributed by atoms with van der Waals surface area (Å²) in [4.78, 5) is 0. The molecule has 0 nitrogen and oxygen atoms in total. The molecule has 1 atom stereocenters. The van der Waals surface area contributed by atoms with Gasteiger partial charge in [0.05, 0.1) is 0 Å². The molecule has 0 aliphatic carbocycles. The van der Waals surface area contributed by atoms with E-state index in [0.717, 1.165) is 5.92 Å². The van der Waals surface area contributed by atoms with Crippen molar-refractivity contribution in [2.45, 2.75) is 69.5 Å². The summed E-state index contributed by atoms with van der Waals surface area (Å²) in [7, 11) is 0. The first-order chi connectivity index (χ1) is 6.76. The van der Waals surface area contributed by atoms with Crippen LogP contribution in [0.25, 0.3) is 0 Å². The molecule has 0 bridgehead atoms. The van der Waals surface area contributed by atoms with Crippen molar-refractivity contribution < 1.29 is 0 Å². The number of rotatable bonds is 7. The summed E-state index contributed by atoms with van der Waals surface area (Å²) < 4.78 is 0. The molecule has 0 radical (unpaired) electrons. The number of unbranched alkanes of at least 4 members (excludes halogenated alkanes) is 2. The third kappa shape index (κ3) is 15.7. The Labute approximate surface area is 110 Å². The van der Waals surface area contributed by atoms with Gasteiger partial charge in [-0.3, -0.25) is 0 Å². The number of hydrogen-bond acceptors (Lipinski definition) is 0. The molecule has 0 spiro atoms. The van der Waals surface area contributed by atoms with Crippen LogP contribution in [-0.2, 0) is 0 Å². The van der Waals surface area contributed by atoms with E-state index in [2.05, 4.69) is 56.2 Å². The fourth-order valence-corrected chi connectivity index (χ4v) is 1.54. The summed E-state index contributed by atoms with van der Waals surface area (Å²) in [6, 6.07) is 0. The molecule has 0 aromatic rings. The molecule has 76 valence electrons. The summed E-state index contributed by atoms with van der Waals surface area (Å²) in [6.07, 6.45) is 8.33. The first kappa shape index (κ1) is 17.6. The Balaban J connectivity index is 0. The van der Waals surface area contributed by atoms with E-state index < -0.39 is 0 Å². The Morgan fingerprint density at radius 3 is 1.71 bits per heavy atom. The van der Waals surface area contributed by atoms with Crippen LogP contribution in [0.1, 0.15) is 59.3 Å². The van der Waals surface area contributed by atoms with Gasteiger partial charge in [-0.2, -0.15) is 0 Å². The third-order valence-corrected chi connectivity index (χ3v) is 2.83. The molecular weight excluding hydrogens is 158 g/mol. The van der Waals surface area contributed by atoms with Gasteiger partial charge in [-0.1, -0.05) is 0 Å². The topological polar surface area (TPSA) is 0 Å². The quantitative estimate of drug-likeness (QED) is 0.521. The molecule has 0 rings (SSSR count). The van der Waals surface area contributed by atoms with Gasteiger partial charge in [0.25, 0.3) is 0 Å². The van der Waals surface area contributed by atoms with Gasteiger partial charge in [-0.05, 0) is 0 Å². The molecule has 0 fully saturated rings. The van der Waals surface area contributed by atoms with Crippen LogP contribution in [0.3, 0.4) is 0 Å². The fraction of sp³-hybridized carbons (Fsp3) is 1.00. The molecule has 0 saturated carbocycles. The van der Waals surface area contributed by atoms with Crippen molar-refractivity contribution in [2.24, 2.45) is 5.92 Å². The Morgan fingerprint density at radius 1 is 0.929 bits per heavy atom. The van der Waals surface area contributed by atoms with Crippen molar-refractivity contribution in [1.82, 2.24) is 0 Å². The van der Waals surface area contributed by atoms with Crippen molar-refractivity contribution in [2.75, 3.05) is 0 Å². The van der Waals surface area contributed by atoms with E-state index in [9.17, 15) is 0 Å². The molecular formula is C12H26Li2. The third-order valence-electron chi connectivity index (χ3n) is 2.83. The van der Waals surface area contributed by atoms with Crippen molar-refractivity contribution >= 4 is 35.4 Å². The molecule has 0 saturated heterocycles. The van der Waals surface area contributed by atoms with E-state index in [1.807, 2.05) is 0 Å². The first-order valence-electron chi connectivity index (χ1n) is 6.76. The predicted octanol–water partition coefficient (Wildman–Crippen LogP) is 4.16. The molecule has 0 aromatic heterocycles. The summed E-state index contributed by atoms with van der Waals surface area (Å²) in [5, 5.41) is 2.72. The van der Waals surface area contributed by atoms with E-state index in [1.165, 1.54) is 48.7 Å². The molecule has 0 amide bonds. The van der Waals surface area contributed by atoms with E-state index in [4.69, 9.17) is 0 Å². The second-order valence-electron chi connectivity index (χ2n) is 4.18. The van der Waals surface area contributed by atoms with Crippen molar-refractivity contribution in [1.29, 1.82) is 0 Å². The normalized spacial score (nSPS) is 11.9. The summed E-state index contributed by atoms with van der Waals surface area (Å²) >= 11 is 4.51. The maximum absolute atomic E-state index is 2.30. The molecule has 0 heterocycles. The standard InChI is InChI=1S/C8H17.C4H9.2Li/c1-4-6-7-8(3)5-2;1-3-4-2;;/h8H,3-7H2,1-2H3;1,3-4H2,2H3;;. The van der Waals surface area contributed by atoms with Crippen LogP contribution in [0.5, 0.6) is 0 Å². The molecule has 0 N–H and O–H groups in total. The number of hydrogen-bond donors (Lipinski definition) is 0. The van der Waals surface area contributed by atoms with Crippen LogP contribution in [0.2, 0.25) is 10.2 Å². The first-order valence-corrected chi connectivity index (χ1v) is 6.76. The van der Waals surface area contributed by atoms with E-state index in [1.54, 1.807) is 0 Å². The molecule has 0 aliphatic rings. The van der Waals surface area contributed by atoms with Crippen LogP contribution in [0.4, 0.5) is 0 Å². The van der Waals surface area contributed by atoms with Gasteiger partial charge in [0.15, 0.2) is 0 Å². The maximum atomic E-state index is 2.30. The van der Waals surface area contributed by atoms with Gasteiger partial charge < -0.3 is 0 Å². The zero-order valence-corrected chi connectivity index (χ0v) is 11.2. The van der Waals surface area contributed by atoms with Gasteiger partial charge in [-0.15, -0.1) is 0 Å². The van der Waals surface area contributed by atoms with Gasteiger partial charge >= 0.3 is 111 Å². The van der Waals surface area contributed by atoms with Crippen LogP contribution in [0, 0.1) is 5.92 Å². The average Bonchev–Trinajstić information content (AvgIpc) is 2.22. The van der Waals surface area contributed by atoms with Crippen LogP contribution in [-0.4, -0.2) is 35.4 Å². The zero-order chi connectivity index (χ0) is 11.2. The van der Waals surface area contributed by atoms with Gasteiger partial charge in [0.2, 0.25) is 0 Å². The minimum atomic E-state index is 1.00. The van der Waals surface area contributed by atoms with Crippen molar-refractivity contribution in [3.63, 3.8) is 0 Å².